The molecule has 4 rings (SSSR count). The van der Waals surface area contributed by atoms with Crippen LogP contribution in [0.15, 0.2) is 48.5 Å². The van der Waals surface area contributed by atoms with Gasteiger partial charge in [-0.25, -0.2) is 4.68 Å². The first kappa shape index (κ1) is 26.8. The number of nitrogens with zero attached hydrogens (tertiary/aromatic N) is 3. The number of aromatic nitrogens is 2. The number of thioether (sulfide) groups is 1. The van der Waals surface area contributed by atoms with Gasteiger partial charge in [-0.2, -0.15) is 5.10 Å². The number of carbonyl (C=O) groups is 2. The average Bonchev–Trinajstić information content (AvgIpc) is 3.20. The lowest BCUT2D eigenvalue weighted by Crippen LogP contribution is -2.42. The van der Waals surface area contributed by atoms with Crippen molar-refractivity contribution in [1.82, 2.24) is 15.1 Å². The molecule has 1 aliphatic rings. The van der Waals surface area contributed by atoms with Crippen LogP contribution in [-0.4, -0.2) is 47.5 Å². The lowest BCUT2D eigenvalue weighted by atomic mass is 9.87. The molecule has 0 aliphatic carbocycles. The zero-order chi connectivity index (χ0) is 26.7. The van der Waals surface area contributed by atoms with E-state index < -0.39 is 0 Å². The fourth-order valence-electron chi connectivity index (χ4n) is 4.54. The van der Waals surface area contributed by atoms with E-state index in [0.717, 1.165) is 40.2 Å². The molecule has 0 saturated heterocycles. The van der Waals surface area contributed by atoms with E-state index in [2.05, 4.69) is 57.3 Å². The third-order valence-corrected chi connectivity index (χ3v) is 7.59. The predicted octanol–water partition coefficient (Wildman–Crippen LogP) is 5.18. The zero-order valence-electron chi connectivity index (χ0n) is 22.5. The minimum Gasteiger partial charge on any atom is -0.497 e. The quantitative estimate of drug-likeness (QED) is 0.464. The van der Waals surface area contributed by atoms with Crippen LogP contribution in [-0.2, 0) is 15.0 Å². The van der Waals surface area contributed by atoms with E-state index in [1.165, 1.54) is 0 Å². The molecule has 196 valence electrons. The molecule has 1 N–H and O–H groups in total. The maximum Gasteiger partial charge on any atom is 0.240 e. The Kier molecular flexibility index (Phi) is 7.97. The van der Waals surface area contributed by atoms with Crippen molar-refractivity contribution in [3.8, 4) is 11.4 Å². The van der Waals surface area contributed by atoms with Crippen LogP contribution < -0.4 is 15.0 Å². The summed E-state index contributed by atoms with van der Waals surface area (Å²) in [6.45, 7) is 11.0. The van der Waals surface area contributed by atoms with Crippen molar-refractivity contribution in [2.45, 2.75) is 51.7 Å². The van der Waals surface area contributed by atoms with Crippen molar-refractivity contribution in [2.24, 2.45) is 0 Å². The number of aryl methyl sites for hydroxylation is 1. The highest BCUT2D eigenvalue weighted by Gasteiger charge is 2.39. The smallest absolute Gasteiger partial charge is 0.240 e. The summed E-state index contributed by atoms with van der Waals surface area (Å²) in [7, 11) is 1.63. The number of benzene rings is 2. The van der Waals surface area contributed by atoms with E-state index in [9.17, 15) is 9.59 Å². The number of rotatable bonds is 7. The largest absolute Gasteiger partial charge is 0.497 e. The molecule has 0 spiro atoms. The fraction of sp³-hybridized carbons (Fsp3) is 0.414. The Bertz CT molecular complexity index is 1280. The van der Waals surface area contributed by atoms with Crippen LogP contribution in [0.5, 0.6) is 5.75 Å². The number of fused-ring (bicyclic) bond motifs is 1. The van der Waals surface area contributed by atoms with Gasteiger partial charge in [-0.1, -0.05) is 57.5 Å². The lowest BCUT2D eigenvalue weighted by Gasteiger charge is -2.24. The predicted molar refractivity (Wildman–Crippen MR) is 150 cm³/mol. The van der Waals surface area contributed by atoms with Crippen LogP contribution in [0, 0.1) is 6.92 Å². The highest BCUT2D eigenvalue weighted by atomic mass is 32.2. The molecule has 2 heterocycles. The summed E-state index contributed by atoms with van der Waals surface area (Å²) in [4.78, 5) is 28.2. The molecule has 1 aromatic heterocycles. The normalized spacial score (nSPS) is 15.8. The fourth-order valence-corrected chi connectivity index (χ4v) is 5.72. The highest BCUT2D eigenvalue weighted by molar-refractivity contribution is 8.00. The molecule has 0 bridgehead atoms. The molecule has 8 heteroatoms. The maximum atomic E-state index is 13.6. The molecular formula is C29H36N4O3S. The highest BCUT2D eigenvalue weighted by Crippen LogP contribution is 2.48. The molecule has 7 nitrogen and oxygen atoms in total. The van der Waals surface area contributed by atoms with Crippen LogP contribution in [0.1, 0.15) is 61.7 Å². The van der Waals surface area contributed by atoms with Gasteiger partial charge in [-0.3, -0.25) is 14.5 Å². The minimum atomic E-state index is -0.298. The van der Waals surface area contributed by atoms with Gasteiger partial charge in [0.2, 0.25) is 11.8 Å². The molecular weight excluding hydrogens is 484 g/mol. The van der Waals surface area contributed by atoms with E-state index in [1.54, 1.807) is 23.8 Å². The molecule has 0 saturated carbocycles. The molecule has 2 aromatic carbocycles. The second kappa shape index (κ2) is 11.0. The topological polar surface area (TPSA) is 76.5 Å². The SMILES string of the molecule is CCCNC(=O)CN1C(=O)CS[C@@H](c2cccc(C)c2)c2c(C(C)(C)C)nn(-c3ccc(OC)cc3)c21. The lowest BCUT2D eigenvalue weighted by molar-refractivity contribution is -0.122. The van der Waals surface area contributed by atoms with Gasteiger partial charge in [0.1, 0.15) is 18.1 Å². The van der Waals surface area contributed by atoms with Crippen molar-refractivity contribution in [3.05, 3.63) is 70.9 Å². The number of ether oxygens (including phenoxy) is 1. The zero-order valence-corrected chi connectivity index (χ0v) is 23.3. The minimum absolute atomic E-state index is 0.0572. The summed E-state index contributed by atoms with van der Waals surface area (Å²) in [6, 6.07) is 16.0. The number of anilines is 1. The summed E-state index contributed by atoms with van der Waals surface area (Å²) >= 11 is 1.59. The van der Waals surface area contributed by atoms with Gasteiger partial charge < -0.3 is 10.1 Å². The summed E-state index contributed by atoms with van der Waals surface area (Å²) < 4.78 is 7.19. The van der Waals surface area contributed by atoms with E-state index in [-0.39, 0.29) is 34.8 Å². The second-order valence-corrected chi connectivity index (χ2v) is 11.5. The maximum absolute atomic E-state index is 13.6. The molecule has 37 heavy (non-hydrogen) atoms. The Morgan fingerprint density at radius 2 is 1.92 bits per heavy atom. The first-order chi connectivity index (χ1) is 17.6. The van der Waals surface area contributed by atoms with E-state index >= 15 is 0 Å². The Morgan fingerprint density at radius 3 is 2.54 bits per heavy atom. The Hall–Kier alpha value is -3.26. The molecule has 3 aromatic rings. The van der Waals surface area contributed by atoms with E-state index in [0.29, 0.717) is 12.4 Å². The average molecular weight is 521 g/mol. The van der Waals surface area contributed by atoms with Gasteiger partial charge in [0.05, 0.1) is 29.5 Å². The molecule has 1 atom stereocenters. The summed E-state index contributed by atoms with van der Waals surface area (Å²) in [5.74, 6) is 1.37. The number of amides is 2. The van der Waals surface area contributed by atoms with Crippen LogP contribution in [0.2, 0.25) is 0 Å². The van der Waals surface area contributed by atoms with Crippen molar-refractivity contribution in [1.29, 1.82) is 0 Å². The summed E-state index contributed by atoms with van der Waals surface area (Å²) in [6.07, 6.45) is 0.828. The Morgan fingerprint density at radius 1 is 1.19 bits per heavy atom. The monoisotopic (exact) mass is 520 g/mol. The molecule has 0 unspecified atom stereocenters. The molecule has 0 fully saturated rings. The number of carbonyl (C=O) groups excluding carboxylic acids is 2. The third kappa shape index (κ3) is 5.69. The number of hydrogen-bond donors (Lipinski definition) is 1. The molecule has 1 aliphatic heterocycles. The van der Waals surface area contributed by atoms with Gasteiger partial charge in [0.25, 0.3) is 0 Å². The second-order valence-electron chi connectivity index (χ2n) is 10.4. The van der Waals surface area contributed by atoms with Gasteiger partial charge >= 0.3 is 0 Å². The third-order valence-electron chi connectivity index (χ3n) is 6.34. The van der Waals surface area contributed by atoms with Crippen molar-refractivity contribution in [3.63, 3.8) is 0 Å². The molecule has 0 radical (unpaired) electrons. The van der Waals surface area contributed by atoms with Crippen LogP contribution in [0.3, 0.4) is 0 Å². The van der Waals surface area contributed by atoms with Crippen molar-refractivity contribution in [2.75, 3.05) is 30.9 Å². The van der Waals surface area contributed by atoms with Crippen LogP contribution in [0.25, 0.3) is 5.69 Å². The summed E-state index contributed by atoms with van der Waals surface area (Å²) in [5.41, 5.74) is 4.67. The first-order valence-electron chi connectivity index (χ1n) is 12.7. The Balaban J connectivity index is 1.98. The van der Waals surface area contributed by atoms with Crippen LogP contribution in [0.4, 0.5) is 5.82 Å². The number of nitrogens with one attached hydrogen (secondary N) is 1. The van der Waals surface area contributed by atoms with E-state index in [4.69, 9.17) is 9.84 Å². The van der Waals surface area contributed by atoms with Gasteiger partial charge in [0.15, 0.2) is 0 Å². The standard InChI is InChI=1S/C29H36N4O3S/c1-7-15-30-23(34)17-32-24(35)18-37-26(20-10-8-9-19(2)16-20)25-27(29(3,4)5)31-33(28(25)32)21-11-13-22(36-6)14-12-21/h8-14,16,26H,7,15,17-18H2,1-6H3,(H,30,34)/t26-/m0/s1. The van der Waals surface area contributed by atoms with E-state index in [1.807, 2.05) is 35.9 Å². The Labute approximate surface area is 223 Å². The van der Waals surface area contributed by atoms with Gasteiger partial charge in [0, 0.05) is 17.5 Å². The molecule has 2 amide bonds. The van der Waals surface area contributed by atoms with Crippen LogP contribution >= 0.6 is 11.8 Å². The van der Waals surface area contributed by atoms with Gasteiger partial charge in [-0.05, 0) is 43.2 Å². The van der Waals surface area contributed by atoms with Gasteiger partial charge in [-0.15, -0.1) is 11.8 Å². The van der Waals surface area contributed by atoms with Crippen molar-refractivity contribution < 1.29 is 14.3 Å². The number of methoxy groups -OCH3 is 1. The first-order valence-corrected chi connectivity index (χ1v) is 13.7. The van der Waals surface area contributed by atoms with Crippen molar-refractivity contribution >= 4 is 29.4 Å². The summed E-state index contributed by atoms with van der Waals surface area (Å²) in [5, 5.41) is 7.94. The number of hydrogen-bond acceptors (Lipinski definition) is 5.